The maximum Gasteiger partial charge on any atom is 0.306 e. The summed E-state index contributed by atoms with van der Waals surface area (Å²) >= 11 is 0. The lowest BCUT2D eigenvalue weighted by atomic mass is 9.95. The highest BCUT2D eigenvalue weighted by Gasteiger charge is 2.29. The number of nitrogens with one attached hydrogen (secondary N) is 1. The van der Waals surface area contributed by atoms with Gasteiger partial charge in [-0.2, -0.15) is 0 Å². The number of ether oxygens (including phenoxy) is 4. The molecule has 32 heavy (non-hydrogen) atoms. The first kappa shape index (κ1) is 23.4. The molecule has 0 atom stereocenters. The van der Waals surface area contributed by atoms with Gasteiger partial charge in [0.1, 0.15) is 12.2 Å². The van der Waals surface area contributed by atoms with E-state index in [1.807, 2.05) is 32.0 Å². The summed E-state index contributed by atoms with van der Waals surface area (Å²) in [6.07, 6.45) is 0.342. The lowest BCUT2D eigenvalue weighted by Crippen LogP contribution is -2.35. The molecule has 1 N–H and O–H groups in total. The van der Waals surface area contributed by atoms with Gasteiger partial charge in [0.15, 0.2) is 11.5 Å². The maximum atomic E-state index is 12.2. The number of hydrogen-bond acceptors (Lipinski definition) is 6. The zero-order chi connectivity index (χ0) is 23.5. The number of rotatable bonds is 9. The number of esters is 1. The van der Waals surface area contributed by atoms with Crippen LogP contribution in [0.2, 0.25) is 0 Å². The first-order valence-electron chi connectivity index (χ1n) is 10.7. The zero-order valence-corrected chi connectivity index (χ0v) is 19.5. The summed E-state index contributed by atoms with van der Waals surface area (Å²) in [6, 6.07) is 9.28. The Balaban J connectivity index is 1.98. The number of methoxy groups -OCH3 is 2. The molecule has 0 spiro atoms. The highest BCUT2D eigenvalue weighted by Crippen LogP contribution is 2.46. The van der Waals surface area contributed by atoms with Gasteiger partial charge in [0.2, 0.25) is 5.75 Å². The largest absolute Gasteiger partial charge is 0.493 e. The van der Waals surface area contributed by atoms with Gasteiger partial charge >= 0.3 is 5.97 Å². The van der Waals surface area contributed by atoms with E-state index in [-0.39, 0.29) is 24.4 Å². The van der Waals surface area contributed by atoms with Gasteiger partial charge in [0, 0.05) is 24.1 Å². The van der Waals surface area contributed by atoms with E-state index in [0.29, 0.717) is 35.8 Å². The van der Waals surface area contributed by atoms with Gasteiger partial charge in [-0.05, 0) is 49.1 Å². The second-order valence-electron chi connectivity index (χ2n) is 8.81. The Kier molecular flexibility index (Phi) is 6.96. The van der Waals surface area contributed by atoms with Crippen molar-refractivity contribution < 1.29 is 28.5 Å². The van der Waals surface area contributed by atoms with E-state index in [9.17, 15) is 9.59 Å². The van der Waals surface area contributed by atoms with Crippen molar-refractivity contribution >= 4 is 11.9 Å². The summed E-state index contributed by atoms with van der Waals surface area (Å²) in [5.41, 5.74) is 2.32. The van der Waals surface area contributed by atoms with Gasteiger partial charge in [-0.25, -0.2) is 0 Å². The molecule has 172 valence electrons. The third-order valence-electron chi connectivity index (χ3n) is 5.17. The number of amides is 1. The molecule has 1 heterocycles. The number of carbonyl (C=O) groups excluding carboxylic acids is 2. The van der Waals surface area contributed by atoms with Crippen LogP contribution in [0.3, 0.4) is 0 Å². The molecule has 3 rings (SSSR count). The monoisotopic (exact) mass is 441 g/mol. The van der Waals surface area contributed by atoms with Crippen LogP contribution >= 0.6 is 0 Å². The molecule has 0 saturated carbocycles. The molecule has 0 aromatic heterocycles. The third-order valence-corrected chi connectivity index (χ3v) is 5.17. The van der Waals surface area contributed by atoms with Crippen molar-refractivity contribution in [3.8, 4) is 28.4 Å². The van der Waals surface area contributed by atoms with Crippen molar-refractivity contribution in [1.82, 2.24) is 5.32 Å². The van der Waals surface area contributed by atoms with Gasteiger partial charge in [0.25, 0.3) is 5.91 Å². The first-order valence-corrected chi connectivity index (χ1v) is 10.7. The van der Waals surface area contributed by atoms with Gasteiger partial charge in [0.05, 0.1) is 14.2 Å². The van der Waals surface area contributed by atoms with E-state index in [4.69, 9.17) is 18.9 Å². The van der Waals surface area contributed by atoms with Crippen molar-refractivity contribution in [2.24, 2.45) is 5.92 Å². The minimum atomic E-state index is -0.854. The molecular formula is C25H31NO6. The Hall–Kier alpha value is -3.22. The van der Waals surface area contributed by atoms with Crippen molar-refractivity contribution in [2.75, 3.05) is 20.8 Å². The van der Waals surface area contributed by atoms with Crippen LogP contribution < -0.4 is 19.5 Å². The Bertz CT molecular complexity index is 1010. The quantitative estimate of drug-likeness (QED) is 0.582. The second kappa shape index (κ2) is 9.51. The van der Waals surface area contributed by atoms with Crippen molar-refractivity contribution in [3.05, 3.63) is 41.5 Å². The fraction of sp³-hybridized carbons (Fsp3) is 0.440. The van der Waals surface area contributed by atoms with Crippen LogP contribution in [-0.4, -0.2) is 38.3 Å². The van der Waals surface area contributed by atoms with E-state index in [1.165, 1.54) is 0 Å². The van der Waals surface area contributed by atoms with Crippen molar-refractivity contribution in [1.29, 1.82) is 0 Å². The molecule has 0 unspecified atom stereocenters. The SMILES string of the molecule is COc1ccc(-c2cccc3c2CNC3=O)c(OCC(C)(C)OC(=O)CC(C)C)c1OC. The molecule has 0 aliphatic carbocycles. The third kappa shape index (κ3) is 4.98. The Morgan fingerprint density at radius 1 is 1.03 bits per heavy atom. The second-order valence-corrected chi connectivity index (χ2v) is 8.81. The molecule has 0 radical (unpaired) electrons. The fourth-order valence-corrected chi connectivity index (χ4v) is 3.72. The molecule has 0 saturated heterocycles. The van der Waals surface area contributed by atoms with Crippen molar-refractivity contribution in [3.63, 3.8) is 0 Å². The van der Waals surface area contributed by atoms with Gasteiger partial charge < -0.3 is 24.3 Å². The minimum absolute atomic E-state index is 0.0945. The van der Waals surface area contributed by atoms with Crippen LogP contribution in [0.5, 0.6) is 17.2 Å². The molecule has 1 aliphatic rings. The van der Waals surface area contributed by atoms with E-state index >= 15 is 0 Å². The summed E-state index contributed by atoms with van der Waals surface area (Å²) in [5.74, 6) is 1.26. The average molecular weight is 442 g/mol. The molecule has 0 fully saturated rings. The van der Waals surface area contributed by atoms with Crippen LogP contribution in [-0.2, 0) is 16.1 Å². The highest BCUT2D eigenvalue weighted by atomic mass is 16.6. The Labute approximate surface area is 189 Å². The molecule has 1 aliphatic heterocycles. The van der Waals surface area contributed by atoms with E-state index in [2.05, 4.69) is 5.32 Å². The normalized spacial score (nSPS) is 12.9. The fourth-order valence-electron chi connectivity index (χ4n) is 3.72. The molecular weight excluding hydrogens is 410 g/mol. The summed E-state index contributed by atoms with van der Waals surface area (Å²) in [5, 5.41) is 2.87. The number of fused-ring (bicyclic) bond motifs is 1. The summed E-state index contributed by atoms with van der Waals surface area (Å²) < 4.78 is 23.0. The molecule has 0 bridgehead atoms. The van der Waals surface area contributed by atoms with Crippen LogP contribution in [0, 0.1) is 5.92 Å². The van der Waals surface area contributed by atoms with E-state index < -0.39 is 5.60 Å². The lowest BCUT2D eigenvalue weighted by molar-refractivity contribution is -0.160. The topological polar surface area (TPSA) is 83.1 Å². The Morgan fingerprint density at radius 2 is 1.75 bits per heavy atom. The van der Waals surface area contributed by atoms with Crippen molar-refractivity contribution in [2.45, 2.75) is 46.3 Å². The standard InChI is InChI=1S/C25H31NO6/c1-15(2)12-21(27)32-25(3,4)14-31-22-17(10-11-20(29-5)23(22)30-6)16-8-7-9-18-19(16)13-26-24(18)28/h7-11,15H,12-14H2,1-6H3,(H,26,28). The maximum absolute atomic E-state index is 12.2. The molecule has 7 heteroatoms. The average Bonchev–Trinajstić information content (AvgIpc) is 3.11. The number of benzene rings is 2. The molecule has 7 nitrogen and oxygen atoms in total. The summed E-state index contributed by atoms with van der Waals surface area (Å²) in [7, 11) is 3.10. The van der Waals surface area contributed by atoms with E-state index in [1.54, 1.807) is 40.2 Å². The summed E-state index contributed by atoms with van der Waals surface area (Å²) in [6.45, 7) is 8.10. The summed E-state index contributed by atoms with van der Waals surface area (Å²) in [4.78, 5) is 24.3. The molecule has 2 aromatic carbocycles. The zero-order valence-electron chi connectivity index (χ0n) is 19.5. The predicted octanol–water partition coefficient (Wildman–Crippen LogP) is 4.36. The lowest BCUT2D eigenvalue weighted by Gasteiger charge is -2.27. The van der Waals surface area contributed by atoms with Crippen LogP contribution in [0.25, 0.3) is 11.1 Å². The highest BCUT2D eigenvalue weighted by molar-refractivity contribution is 6.01. The molecule has 1 amide bonds. The van der Waals surface area contributed by atoms with Gasteiger partial charge in [-0.1, -0.05) is 26.0 Å². The Morgan fingerprint density at radius 3 is 2.41 bits per heavy atom. The number of carbonyl (C=O) groups is 2. The first-order chi connectivity index (χ1) is 15.2. The van der Waals surface area contributed by atoms with E-state index in [0.717, 1.165) is 16.7 Å². The van der Waals surface area contributed by atoms with Crippen LogP contribution in [0.15, 0.2) is 30.3 Å². The predicted molar refractivity (Wildman–Crippen MR) is 121 cm³/mol. The minimum Gasteiger partial charge on any atom is -0.493 e. The molecule has 2 aromatic rings. The van der Waals surface area contributed by atoms with Gasteiger partial charge in [-0.3, -0.25) is 9.59 Å². The van der Waals surface area contributed by atoms with Crippen LogP contribution in [0.4, 0.5) is 0 Å². The smallest absolute Gasteiger partial charge is 0.306 e. The van der Waals surface area contributed by atoms with Gasteiger partial charge in [-0.15, -0.1) is 0 Å². The number of hydrogen-bond donors (Lipinski definition) is 1. The van der Waals surface area contributed by atoms with Crippen LogP contribution in [0.1, 0.15) is 50.0 Å².